The summed E-state index contributed by atoms with van der Waals surface area (Å²) in [5.74, 6) is 0.192. The summed E-state index contributed by atoms with van der Waals surface area (Å²) in [5, 5.41) is 4.61. The van der Waals surface area contributed by atoms with Crippen molar-refractivity contribution >= 4 is 16.7 Å². The zero-order chi connectivity index (χ0) is 12.9. The van der Waals surface area contributed by atoms with Gasteiger partial charge in [-0.25, -0.2) is 4.39 Å². The first-order valence-corrected chi connectivity index (χ1v) is 5.63. The van der Waals surface area contributed by atoms with Gasteiger partial charge >= 0.3 is 0 Å². The molecule has 18 heavy (non-hydrogen) atoms. The number of rotatable bonds is 1. The fourth-order valence-corrected chi connectivity index (χ4v) is 2.17. The Kier molecular flexibility index (Phi) is 2.16. The van der Waals surface area contributed by atoms with Crippen LogP contribution in [0.25, 0.3) is 22.0 Å². The van der Waals surface area contributed by atoms with E-state index in [1.807, 2.05) is 13.0 Å². The van der Waals surface area contributed by atoms with Gasteiger partial charge in [0.1, 0.15) is 11.6 Å². The highest BCUT2D eigenvalue weighted by Crippen LogP contribution is 2.32. The lowest BCUT2D eigenvalue weighted by Crippen LogP contribution is -1.98. The number of nitrogen functional groups attached to an aromatic ring is 1. The molecule has 0 aliphatic carbocycles. The Labute approximate surface area is 103 Å². The van der Waals surface area contributed by atoms with Crippen LogP contribution < -0.4 is 5.73 Å². The molecule has 0 unspecified atom stereocenters. The van der Waals surface area contributed by atoms with Gasteiger partial charge in [0.05, 0.1) is 6.20 Å². The molecule has 0 aliphatic rings. The second-order valence-corrected chi connectivity index (χ2v) is 4.41. The smallest absolute Gasteiger partial charge is 0.140 e. The molecule has 0 radical (unpaired) electrons. The SMILES string of the molecule is Cc1cc2c(F)c(-c3cnn(C)c3N)ccc2[nH]1. The second kappa shape index (κ2) is 3.60. The summed E-state index contributed by atoms with van der Waals surface area (Å²) in [4.78, 5) is 3.11. The first-order valence-electron chi connectivity index (χ1n) is 5.63. The molecule has 0 aliphatic heterocycles. The van der Waals surface area contributed by atoms with Crippen molar-refractivity contribution in [3.63, 3.8) is 0 Å². The maximum Gasteiger partial charge on any atom is 0.140 e. The minimum atomic E-state index is -0.267. The number of fused-ring (bicyclic) bond motifs is 1. The number of aromatic amines is 1. The van der Waals surface area contributed by atoms with Crippen molar-refractivity contribution < 1.29 is 4.39 Å². The molecule has 1 aromatic carbocycles. The predicted octanol–water partition coefficient (Wildman–Crippen LogP) is 2.60. The predicted molar refractivity (Wildman–Crippen MR) is 69.6 cm³/mol. The number of hydrogen-bond acceptors (Lipinski definition) is 2. The molecular formula is C13H13FN4. The Balaban J connectivity index is 2.30. The number of nitrogens with one attached hydrogen (secondary N) is 1. The van der Waals surface area contributed by atoms with E-state index in [9.17, 15) is 4.39 Å². The van der Waals surface area contributed by atoms with Crippen LogP contribution in [0.15, 0.2) is 24.4 Å². The van der Waals surface area contributed by atoms with Crippen LogP contribution in [-0.2, 0) is 7.05 Å². The average molecular weight is 244 g/mol. The van der Waals surface area contributed by atoms with Gasteiger partial charge in [-0.2, -0.15) is 5.10 Å². The topological polar surface area (TPSA) is 59.6 Å². The summed E-state index contributed by atoms with van der Waals surface area (Å²) in [6, 6.07) is 5.37. The van der Waals surface area contributed by atoms with Crippen LogP contribution in [0.1, 0.15) is 5.69 Å². The van der Waals surface area contributed by atoms with Crippen LogP contribution in [0.2, 0.25) is 0 Å². The summed E-state index contributed by atoms with van der Waals surface area (Å²) in [6.07, 6.45) is 1.58. The van der Waals surface area contributed by atoms with E-state index >= 15 is 0 Å². The number of halogens is 1. The summed E-state index contributed by atoms with van der Waals surface area (Å²) >= 11 is 0. The Hall–Kier alpha value is -2.30. The lowest BCUT2D eigenvalue weighted by atomic mass is 10.1. The Bertz CT molecular complexity index is 739. The molecule has 0 saturated carbocycles. The Morgan fingerprint density at radius 1 is 1.33 bits per heavy atom. The summed E-state index contributed by atoms with van der Waals surface area (Å²) in [6.45, 7) is 1.90. The molecule has 2 heterocycles. The van der Waals surface area contributed by atoms with E-state index in [0.717, 1.165) is 11.2 Å². The molecule has 3 N–H and O–H groups in total. The largest absolute Gasteiger partial charge is 0.383 e. The zero-order valence-electron chi connectivity index (χ0n) is 10.2. The highest BCUT2D eigenvalue weighted by atomic mass is 19.1. The van der Waals surface area contributed by atoms with Crippen molar-refractivity contribution in [2.45, 2.75) is 6.92 Å². The molecule has 0 fully saturated rings. The number of hydrogen-bond donors (Lipinski definition) is 2. The van der Waals surface area contributed by atoms with Crippen LogP contribution in [0.3, 0.4) is 0 Å². The number of aromatic nitrogens is 3. The summed E-state index contributed by atoms with van der Waals surface area (Å²) in [7, 11) is 1.73. The number of benzene rings is 1. The van der Waals surface area contributed by atoms with E-state index in [2.05, 4.69) is 10.1 Å². The molecule has 0 bridgehead atoms. The standard InChI is InChI=1S/C13H13FN4/c1-7-5-9-11(17-7)4-3-8(12(9)14)10-6-16-18(2)13(10)15/h3-6,17H,15H2,1-2H3. The third-order valence-corrected chi connectivity index (χ3v) is 3.15. The minimum absolute atomic E-state index is 0.267. The van der Waals surface area contributed by atoms with Gasteiger partial charge in [-0.3, -0.25) is 4.68 Å². The minimum Gasteiger partial charge on any atom is -0.383 e. The van der Waals surface area contributed by atoms with Gasteiger partial charge in [-0.15, -0.1) is 0 Å². The fraction of sp³-hybridized carbons (Fsp3) is 0.154. The van der Waals surface area contributed by atoms with Crippen LogP contribution in [0.5, 0.6) is 0 Å². The van der Waals surface area contributed by atoms with Gasteiger partial charge in [-0.1, -0.05) is 0 Å². The van der Waals surface area contributed by atoms with Crippen molar-refractivity contribution in [1.82, 2.24) is 14.8 Å². The van der Waals surface area contributed by atoms with Crippen molar-refractivity contribution in [2.24, 2.45) is 7.05 Å². The van der Waals surface area contributed by atoms with Gasteiger partial charge in [0, 0.05) is 34.8 Å². The lowest BCUT2D eigenvalue weighted by Gasteiger charge is -2.03. The van der Waals surface area contributed by atoms with Crippen LogP contribution in [-0.4, -0.2) is 14.8 Å². The van der Waals surface area contributed by atoms with E-state index < -0.39 is 0 Å². The average Bonchev–Trinajstić information content (AvgIpc) is 2.86. The van der Waals surface area contributed by atoms with Crippen molar-refractivity contribution in [3.05, 3.63) is 35.9 Å². The van der Waals surface area contributed by atoms with Crippen molar-refractivity contribution in [1.29, 1.82) is 0 Å². The van der Waals surface area contributed by atoms with Crippen molar-refractivity contribution in [3.8, 4) is 11.1 Å². The van der Waals surface area contributed by atoms with Gasteiger partial charge in [0.15, 0.2) is 0 Å². The molecule has 3 rings (SSSR count). The molecule has 3 aromatic rings. The number of aryl methyl sites for hydroxylation is 2. The van der Waals surface area contributed by atoms with Gasteiger partial charge in [0.25, 0.3) is 0 Å². The number of anilines is 1. The number of H-pyrrole nitrogens is 1. The molecule has 4 nitrogen and oxygen atoms in total. The van der Waals surface area contributed by atoms with Gasteiger partial charge in [-0.05, 0) is 25.1 Å². The van der Waals surface area contributed by atoms with E-state index in [1.54, 1.807) is 25.4 Å². The molecule has 2 aromatic heterocycles. The third-order valence-electron chi connectivity index (χ3n) is 3.15. The summed E-state index contributed by atoms with van der Waals surface area (Å²) < 4.78 is 16.0. The molecule has 0 amide bonds. The second-order valence-electron chi connectivity index (χ2n) is 4.41. The first-order chi connectivity index (χ1) is 8.58. The quantitative estimate of drug-likeness (QED) is 0.691. The normalized spacial score (nSPS) is 11.3. The van der Waals surface area contributed by atoms with Crippen LogP contribution in [0, 0.1) is 12.7 Å². The fourth-order valence-electron chi connectivity index (χ4n) is 2.17. The van der Waals surface area contributed by atoms with E-state index in [-0.39, 0.29) is 5.82 Å². The van der Waals surface area contributed by atoms with Crippen molar-refractivity contribution in [2.75, 3.05) is 5.73 Å². The van der Waals surface area contributed by atoms with E-state index in [1.165, 1.54) is 4.68 Å². The molecule has 0 atom stereocenters. The summed E-state index contributed by atoms with van der Waals surface area (Å²) in [5.41, 5.74) is 8.70. The first kappa shape index (κ1) is 10.8. The molecule has 0 saturated heterocycles. The van der Waals surface area contributed by atoms with Crippen LogP contribution >= 0.6 is 0 Å². The Morgan fingerprint density at radius 2 is 2.11 bits per heavy atom. The number of nitrogens with zero attached hydrogens (tertiary/aromatic N) is 2. The molecule has 0 spiro atoms. The van der Waals surface area contributed by atoms with Gasteiger partial charge in [0.2, 0.25) is 0 Å². The van der Waals surface area contributed by atoms with Gasteiger partial charge < -0.3 is 10.7 Å². The maximum atomic E-state index is 14.4. The highest BCUT2D eigenvalue weighted by molar-refractivity contribution is 5.88. The van der Waals surface area contributed by atoms with Crippen LogP contribution in [0.4, 0.5) is 10.2 Å². The van der Waals surface area contributed by atoms with E-state index in [0.29, 0.717) is 22.3 Å². The molecule has 92 valence electrons. The monoisotopic (exact) mass is 244 g/mol. The third kappa shape index (κ3) is 1.40. The highest BCUT2D eigenvalue weighted by Gasteiger charge is 2.15. The van der Waals surface area contributed by atoms with E-state index in [4.69, 9.17) is 5.73 Å². The zero-order valence-corrected chi connectivity index (χ0v) is 10.2. The Morgan fingerprint density at radius 3 is 2.78 bits per heavy atom. The molecule has 5 heteroatoms. The molecular weight excluding hydrogens is 231 g/mol. The lowest BCUT2D eigenvalue weighted by molar-refractivity contribution is 0.643. The maximum absolute atomic E-state index is 14.4. The number of nitrogens with two attached hydrogens (primary N) is 1.